The van der Waals surface area contributed by atoms with E-state index in [9.17, 15) is 9.59 Å². The van der Waals surface area contributed by atoms with E-state index in [-0.39, 0.29) is 23.7 Å². The van der Waals surface area contributed by atoms with Crippen molar-refractivity contribution in [3.8, 4) is 0 Å². The Morgan fingerprint density at radius 3 is 2.00 bits per heavy atom. The predicted molar refractivity (Wildman–Crippen MR) is 75.3 cm³/mol. The fourth-order valence-electron chi connectivity index (χ4n) is 3.67. The summed E-state index contributed by atoms with van der Waals surface area (Å²) < 4.78 is 0. The third-order valence-electron chi connectivity index (χ3n) is 4.93. The molecule has 2 unspecified atom stereocenters. The highest BCUT2D eigenvalue weighted by Crippen LogP contribution is 2.51. The predicted octanol–water partition coefficient (Wildman–Crippen LogP) is 1.76. The molecule has 2 aliphatic carbocycles. The number of carbonyl (C=O) groups is 2. The summed E-state index contributed by atoms with van der Waals surface area (Å²) in [5, 5.41) is 0. The molecule has 19 heavy (non-hydrogen) atoms. The maximum absolute atomic E-state index is 12.4. The zero-order valence-corrected chi connectivity index (χ0v) is 11.9. The summed E-state index contributed by atoms with van der Waals surface area (Å²) in [6.07, 6.45) is 7.70. The number of rotatable bonds is 2. The first kappa shape index (κ1) is 13.0. The molecule has 3 rings (SSSR count). The molecule has 5 heteroatoms. The Morgan fingerprint density at radius 2 is 1.53 bits per heavy atom. The highest BCUT2D eigenvalue weighted by Gasteiger charge is 2.63. The number of nitrogens with zero attached hydrogens (tertiary/aromatic N) is 1. The summed E-state index contributed by atoms with van der Waals surface area (Å²) in [6.45, 7) is 0. The van der Waals surface area contributed by atoms with E-state index in [2.05, 4.69) is 0 Å². The van der Waals surface area contributed by atoms with Crippen LogP contribution in [-0.2, 0) is 9.59 Å². The summed E-state index contributed by atoms with van der Waals surface area (Å²) >= 11 is 5.26. The monoisotopic (exact) mass is 280 g/mol. The van der Waals surface area contributed by atoms with E-state index in [1.165, 1.54) is 11.3 Å². The third kappa shape index (κ3) is 1.90. The highest BCUT2D eigenvalue weighted by molar-refractivity contribution is 7.80. The number of hydrogen-bond donors (Lipinski definition) is 1. The Bertz CT molecular complexity index is 421. The lowest BCUT2D eigenvalue weighted by Gasteiger charge is -2.42. The fourth-order valence-corrected chi connectivity index (χ4v) is 3.97. The second-order valence-corrected chi connectivity index (χ2v) is 6.56. The van der Waals surface area contributed by atoms with Crippen molar-refractivity contribution in [2.45, 2.75) is 56.9 Å². The second-order valence-electron chi connectivity index (χ2n) is 6.12. The van der Waals surface area contributed by atoms with Crippen molar-refractivity contribution in [1.82, 2.24) is 4.90 Å². The topological polar surface area (TPSA) is 63.4 Å². The molecule has 2 amide bonds. The van der Waals surface area contributed by atoms with Crippen molar-refractivity contribution >= 4 is 29.0 Å². The molecule has 0 radical (unpaired) electrons. The molecule has 1 heterocycles. The molecule has 2 saturated carbocycles. The maximum Gasteiger partial charge on any atom is 0.234 e. The van der Waals surface area contributed by atoms with Crippen LogP contribution in [0.5, 0.6) is 0 Å². The Hall–Kier alpha value is -0.970. The number of likely N-dealkylation sites (tertiary alicyclic amines) is 1. The molecule has 0 spiro atoms. The molecule has 104 valence electrons. The number of nitrogens with two attached hydrogens (primary N) is 1. The van der Waals surface area contributed by atoms with Gasteiger partial charge < -0.3 is 5.73 Å². The van der Waals surface area contributed by atoms with E-state index in [0.29, 0.717) is 4.99 Å². The lowest BCUT2D eigenvalue weighted by Crippen LogP contribution is -2.60. The van der Waals surface area contributed by atoms with Crippen LogP contribution in [0.3, 0.4) is 0 Å². The van der Waals surface area contributed by atoms with E-state index >= 15 is 0 Å². The van der Waals surface area contributed by atoms with Gasteiger partial charge in [0, 0.05) is 0 Å². The smallest absolute Gasteiger partial charge is 0.234 e. The minimum absolute atomic E-state index is 0.0247. The molecular formula is C14H20N2O2S. The number of hydrogen-bond acceptors (Lipinski definition) is 3. The fraction of sp³-hybridized carbons (Fsp3) is 0.786. The van der Waals surface area contributed by atoms with E-state index in [1.54, 1.807) is 0 Å². The molecule has 0 aromatic heterocycles. The molecule has 0 aromatic rings. The van der Waals surface area contributed by atoms with Gasteiger partial charge in [-0.25, -0.2) is 0 Å². The summed E-state index contributed by atoms with van der Waals surface area (Å²) in [6, 6.07) is 0. The number of amides is 2. The summed E-state index contributed by atoms with van der Waals surface area (Å²) in [5.74, 6) is -0.180. The lowest BCUT2D eigenvalue weighted by molar-refractivity contribution is -0.146. The molecule has 1 aliphatic heterocycles. The molecule has 2 atom stereocenters. The Balaban J connectivity index is 1.93. The van der Waals surface area contributed by atoms with E-state index in [0.717, 1.165) is 44.9 Å². The summed E-state index contributed by atoms with van der Waals surface area (Å²) in [4.78, 5) is 26.5. The van der Waals surface area contributed by atoms with Gasteiger partial charge in [-0.2, -0.15) is 0 Å². The second kappa shape index (κ2) is 4.54. The van der Waals surface area contributed by atoms with Gasteiger partial charge in [0.1, 0.15) is 5.54 Å². The van der Waals surface area contributed by atoms with E-state index in [4.69, 9.17) is 18.0 Å². The summed E-state index contributed by atoms with van der Waals surface area (Å²) in [5.41, 5.74) is 5.30. The third-order valence-corrected chi connectivity index (χ3v) is 5.31. The number of thiocarbonyl (C=S) groups is 1. The first-order valence-corrected chi connectivity index (χ1v) is 7.66. The van der Waals surface area contributed by atoms with Gasteiger partial charge in [0.2, 0.25) is 11.8 Å². The number of piperidine rings is 1. The van der Waals surface area contributed by atoms with Crippen LogP contribution in [0.2, 0.25) is 0 Å². The zero-order chi connectivity index (χ0) is 13.6. The van der Waals surface area contributed by atoms with Gasteiger partial charge in [-0.3, -0.25) is 14.5 Å². The van der Waals surface area contributed by atoms with Crippen LogP contribution in [0, 0.1) is 11.8 Å². The highest BCUT2D eigenvalue weighted by atomic mass is 32.1. The van der Waals surface area contributed by atoms with Crippen molar-refractivity contribution < 1.29 is 9.59 Å². The molecule has 0 bridgehead atoms. The van der Waals surface area contributed by atoms with Gasteiger partial charge in [0.25, 0.3) is 0 Å². The normalized spacial score (nSPS) is 33.6. The summed E-state index contributed by atoms with van der Waals surface area (Å²) in [7, 11) is 0. The van der Waals surface area contributed by atoms with Gasteiger partial charge >= 0.3 is 0 Å². The first-order valence-electron chi connectivity index (χ1n) is 7.26. The van der Waals surface area contributed by atoms with Crippen LogP contribution in [0.15, 0.2) is 0 Å². The Morgan fingerprint density at radius 1 is 1.05 bits per heavy atom. The minimum atomic E-state index is -0.669. The van der Waals surface area contributed by atoms with Crippen molar-refractivity contribution in [2.24, 2.45) is 17.6 Å². The van der Waals surface area contributed by atoms with Crippen molar-refractivity contribution in [3.63, 3.8) is 0 Å². The van der Waals surface area contributed by atoms with E-state index in [1.807, 2.05) is 0 Å². The maximum atomic E-state index is 12.4. The lowest BCUT2D eigenvalue weighted by atomic mass is 9.82. The molecule has 0 aromatic carbocycles. The van der Waals surface area contributed by atoms with Crippen LogP contribution in [0.4, 0.5) is 0 Å². The standard InChI is InChI=1S/C14H20N2O2S/c15-13(19)14(6-4-2-1-3-5-7-14)16-11(17)9-8-10(9)12(16)18/h9-10H,1-8H2,(H2,15,19). The van der Waals surface area contributed by atoms with Crippen LogP contribution in [-0.4, -0.2) is 27.2 Å². The average molecular weight is 280 g/mol. The molecular weight excluding hydrogens is 260 g/mol. The zero-order valence-electron chi connectivity index (χ0n) is 11.1. The van der Waals surface area contributed by atoms with Crippen LogP contribution < -0.4 is 5.73 Å². The largest absolute Gasteiger partial charge is 0.391 e. The minimum Gasteiger partial charge on any atom is -0.391 e. The van der Waals surface area contributed by atoms with Crippen LogP contribution >= 0.6 is 12.2 Å². The van der Waals surface area contributed by atoms with Crippen molar-refractivity contribution in [1.29, 1.82) is 0 Å². The van der Waals surface area contributed by atoms with Gasteiger partial charge in [-0.15, -0.1) is 0 Å². The molecule has 3 aliphatic rings. The molecule has 4 nitrogen and oxygen atoms in total. The number of carbonyl (C=O) groups excluding carboxylic acids is 2. The van der Waals surface area contributed by atoms with Crippen molar-refractivity contribution in [2.75, 3.05) is 0 Å². The number of fused-ring (bicyclic) bond motifs is 1. The van der Waals surface area contributed by atoms with E-state index < -0.39 is 5.54 Å². The quantitative estimate of drug-likeness (QED) is 0.618. The van der Waals surface area contributed by atoms with Gasteiger partial charge in [0.15, 0.2) is 0 Å². The van der Waals surface area contributed by atoms with Gasteiger partial charge in [-0.1, -0.05) is 44.3 Å². The van der Waals surface area contributed by atoms with Crippen LogP contribution in [0.25, 0.3) is 0 Å². The van der Waals surface area contributed by atoms with Crippen molar-refractivity contribution in [3.05, 3.63) is 0 Å². The number of imide groups is 1. The molecule has 3 fully saturated rings. The first-order chi connectivity index (χ1) is 9.08. The van der Waals surface area contributed by atoms with Gasteiger partial charge in [0.05, 0.1) is 16.8 Å². The average Bonchev–Trinajstić information content (AvgIpc) is 3.06. The molecule has 1 saturated heterocycles. The SMILES string of the molecule is NC(=S)C1(N2C(=O)C3CC3C2=O)CCCCCCC1. The Kier molecular flexibility index (Phi) is 3.12. The van der Waals surface area contributed by atoms with Crippen LogP contribution in [0.1, 0.15) is 51.4 Å². The van der Waals surface area contributed by atoms with Gasteiger partial charge in [-0.05, 0) is 19.3 Å². The molecule has 2 N–H and O–H groups in total. The Labute approximate surface area is 118 Å².